The van der Waals surface area contributed by atoms with Crippen LogP contribution in [0, 0.1) is 5.92 Å². The van der Waals surface area contributed by atoms with Gasteiger partial charge in [0.25, 0.3) is 5.91 Å². The lowest BCUT2D eigenvalue weighted by atomic mass is 10.0. The van der Waals surface area contributed by atoms with E-state index < -0.39 is 24.0 Å². The summed E-state index contributed by atoms with van der Waals surface area (Å²) in [4.78, 5) is 43.2. The van der Waals surface area contributed by atoms with Gasteiger partial charge in [0, 0.05) is 31.2 Å². The first-order valence-corrected chi connectivity index (χ1v) is 8.99. The van der Waals surface area contributed by atoms with E-state index in [9.17, 15) is 19.5 Å². The number of carbonyl (C=O) groups excluding carboxylic acids is 3. The van der Waals surface area contributed by atoms with Crippen LogP contribution in [0.5, 0.6) is 0 Å². The third-order valence-electron chi connectivity index (χ3n) is 4.43. The second-order valence-electron chi connectivity index (χ2n) is 7.13. The number of hydrogen-bond donors (Lipinski definition) is 4. The highest BCUT2D eigenvalue weighted by Crippen LogP contribution is 2.07. The first-order chi connectivity index (χ1) is 12.4. The summed E-state index contributed by atoms with van der Waals surface area (Å²) in [5.74, 6) is -2.01. The summed E-state index contributed by atoms with van der Waals surface area (Å²) in [5, 5.41) is 18.5. The molecule has 3 atom stereocenters. The van der Waals surface area contributed by atoms with Crippen molar-refractivity contribution in [2.24, 2.45) is 5.92 Å². The SMILES string of the molecule is CC(C)C[C@H](NC(=O)[C@H](Cc1cnc[nH]1)NC(=O)[C@@H]1CCC[NH2+]1)C(=O)[O-]. The van der Waals surface area contributed by atoms with Gasteiger partial charge in [0.05, 0.1) is 24.9 Å². The minimum atomic E-state index is -1.33. The van der Waals surface area contributed by atoms with E-state index in [0.29, 0.717) is 5.69 Å². The highest BCUT2D eigenvalue weighted by molar-refractivity contribution is 5.91. The number of imidazole rings is 1. The Morgan fingerprint density at radius 1 is 1.35 bits per heavy atom. The highest BCUT2D eigenvalue weighted by atomic mass is 16.4. The van der Waals surface area contributed by atoms with Gasteiger partial charge in [-0.3, -0.25) is 9.59 Å². The molecule has 0 saturated carbocycles. The lowest BCUT2D eigenvalue weighted by Crippen LogP contribution is -2.89. The minimum absolute atomic E-state index is 0.0759. The van der Waals surface area contributed by atoms with Crippen LogP contribution in [0.3, 0.4) is 0 Å². The summed E-state index contributed by atoms with van der Waals surface area (Å²) in [7, 11) is 0. The average Bonchev–Trinajstić information content (AvgIpc) is 3.26. The van der Waals surface area contributed by atoms with E-state index in [-0.39, 0.29) is 30.7 Å². The van der Waals surface area contributed by atoms with E-state index in [1.54, 1.807) is 6.20 Å². The number of carboxylic acid groups (broad SMARTS) is 1. The zero-order chi connectivity index (χ0) is 19.1. The first kappa shape index (κ1) is 19.9. The molecule has 1 aromatic rings. The van der Waals surface area contributed by atoms with Crippen LogP contribution in [0.15, 0.2) is 12.5 Å². The number of carboxylic acids is 1. The molecule has 0 aliphatic carbocycles. The monoisotopic (exact) mass is 365 g/mol. The van der Waals surface area contributed by atoms with Crippen molar-refractivity contribution in [3.8, 4) is 0 Å². The Bertz CT molecular complexity index is 611. The second-order valence-corrected chi connectivity index (χ2v) is 7.13. The molecule has 1 aliphatic rings. The molecule has 0 aromatic carbocycles. The molecule has 26 heavy (non-hydrogen) atoms. The van der Waals surface area contributed by atoms with Gasteiger partial charge < -0.3 is 30.8 Å². The Kier molecular flexibility index (Phi) is 7.14. The summed E-state index contributed by atoms with van der Waals surface area (Å²) >= 11 is 0. The summed E-state index contributed by atoms with van der Waals surface area (Å²) in [6, 6.07) is -2.19. The molecule has 9 heteroatoms. The molecule has 2 heterocycles. The third-order valence-corrected chi connectivity index (χ3v) is 4.43. The number of aromatic nitrogens is 2. The van der Waals surface area contributed by atoms with E-state index in [1.807, 2.05) is 19.2 Å². The van der Waals surface area contributed by atoms with Crippen molar-refractivity contribution in [3.05, 3.63) is 18.2 Å². The maximum atomic E-state index is 12.7. The van der Waals surface area contributed by atoms with Gasteiger partial charge in [-0.05, 0) is 12.3 Å². The molecule has 2 amide bonds. The third kappa shape index (κ3) is 5.83. The number of amides is 2. The van der Waals surface area contributed by atoms with Gasteiger partial charge in [0.1, 0.15) is 6.04 Å². The topological polar surface area (TPSA) is 144 Å². The number of H-pyrrole nitrogens is 1. The quantitative estimate of drug-likeness (QED) is 0.381. The molecule has 0 bridgehead atoms. The smallest absolute Gasteiger partial charge is 0.278 e. The molecule has 0 radical (unpaired) electrons. The fourth-order valence-electron chi connectivity index (χ4n) is 3.07. The molecule has 0 spiro atoms. The average molecular weight is 365 g/mol. The van der Waals surface area contributed by atoms with Crippen LogP contribution in [-0.2, 0) is 20.8 Å². The Hall–Kier alpha value is -2.42. The van der Waals surface area contributed by atoms with E-state index in [4.69, 9.17) is 0 Å². The number of aliphatic carboxylic acids is 1. The minimum Gasteiger partial charge on any atom is -0.548 e. The molecule has 9 nitrogen and oxygen atoms in total. The fraction of sp³-hybridized carbons (Fsp3) is 0.647. The van der Waals surface area contributed by atoms with Gasteiger partial charge >= 0.3 is 0 Å². The number of nitrogens with two attached hydrogens (primary N) is 1. The molecule has 1 fully saturated rings. The van der Waals surface area contributed by atoms with Crippen molar-refractivity contribution < 1.29 is 24.8 Å². The molecule has 1 saturated heterocycles. The van der Waals surface area contributed by atoms with Gasteiger partial charge in [-0.2, -0.15) is 0 Å². The predicted molar refractivity (Wildman–Crippen MR) is 90.4 cm³/mol. The number of aromatic amines is 1. The van der Waals surface area contributed by atoms with Crippen molar-refractivity contribution >= 4 is 17.8 Å². The van der Waals surface area contributed by atoms with Crippen LogP contribution in [-0.4, -0.2) is 52.4 Å². The van der Waals surface area contributed by atoms with Gasteiger partial charge in [0.15, 0.2) is 6.04 Å². The summed E-state index contributed by atoms with van der Waals surface area (Å²) < 4.78 is 0. The Morgan fingerprint density at radius 2 is 2.12 bits per heavy atom. The number of nitrogens with zero attached hydrogens (tertiary/aromatic N) is 1. The van der Waals surface area contributed by atoms with E-state index in [2.05, 4.69) is 20.6 Å². The predicted octanol–water partition coefficient (Wildman–Crippen LogP) is -2.56. The van der Waals surface area contributed by atoms with E-state index >= 15 is 0 Å². The summed E-state index contributed by atoms with van der Waals surface area (Å²) in [6.07, 6.45) is 5.23. The zero-order valence-electron chi connectivity index (χ0n) is 15.2. The lowest BCUT2D eigenvalue weighted by Gasteiger charge is -2.25. The van der Waals surface area contributed by atoms with E-state index in [1.165, 1.54) is 6.33 Å². The lowest BCUT2D eigenvalue weighted by molar-refractivity contribution is -0.657. The first-order valence-electron chi connectivity index (χ1n) is 8.99. The molecule has 2 rings (SSSR count). The molecule has 144 valence electrons. The molecular weight excluding hydrogens is 338 g/mol. The summed E-state index contributed by atoms with van der Waals surface area (Å²) in [6.45, 7) is 4.61. The fourth-order valence-corrected chi connectivity index (χ4v) is 3.07. The maximum Gasteiger partial charge on any atom is 0.278 e. The van der Waals surface area contributed by atoms with Crippen molar-refractivity contribution in [3.63, 3.8) is 0 Å². The van der Waals surface area contributed by atoms with Crippen LogP contribution in [0.4, 0.5) is 0 Å². The number of rotatable bonds is 9. The van der Waals surface area contributed by atoms with Crippen molar-refractivity contribution in [1.82, 2.24) is 20.6 Å². The molecular formula is C17H27N5O4. The van der Waals surface area contributed by atoms with Crippen LogP contribution < -0.4 is 21.1 Å². The maximum absolute atomic E-state index is 12.7. The van der Waals surface area contributed by atoms with Crippen LogP contribution in [0.25, 0.3) is 0 Å². The number of quaternary nitrogens is 1. The Balaban J connectivity index is 2.06. The van der Waals surface area contributed by atoms with Crippen LogP contribution in [0.2, 0.25) is 0 Å². The molecule has 1 aliphatic heterocycles. The Labute approximate surface area is 152 Å². The second kappa shape index (κ2) is 9.33. The van der Waals surface area contributed by atoms with Gasteiger partial charge in [-0.1, -0.05) is 13.8 Å². The molecule has 0 unspecified atom stereocenters. The van der Waals surface area contributed by atoms with Crippen LogP contribution >= 0.6 is 0 Å². The number of carbonyl (C=O) groups is 3. The van der Waals surface area contributed by atoms with E-state index in [0.717, 1.165) is 19.4 Å². The Morgan fingerprint density at radius 3 is 2.65 bits per heavy atom. The number of hydrogen-bond acceptors (Lipinski definition) is 5. The normalized spacial score (nSPS) is 19.1. The van der Waals surface area contributed by atoms with Gasteiger partial charge in [-0.25, -0.2) is 4.98 Å². The molecule has 1 aromatic heterocycles. The van der Waals surface area contributed by atoms with Crippen LogP contribution in [0.1, 0.15) is 38.8 Å². The summed E-state index contributed by atoms with van der Waals surface area (Å²) in [5.41, 5.74) is 0.676. The molecule has 5 N–H and O–H groups in total. The largest absolute Gasteiger partial charge is 0.548 e. The zero-order valence-corrected chi connectivity index (χ0v) is 15.2. The van der Waals surface area contributed by atoms with Crippen molar-refractivity contribution in [1.29, 1.82) is 0 Å². The van der Waals surface area contributed by atoms with Crippen molar-refractivity contribution in [2.75, 3.05) is 6.54 Å². The van der Waals surface area contributed by atoms with Gasteiger partial charge in [0.2, 0.25) is 5.91 Å². The number of nitrogens with one attached hydrogen (secondary N) is 3. The highest BCUT2D eigenvalue weighted by Gasteiger charge is 2.31. The standard InChI is InChI=1S/C17H27N5O4/c1-10(2)6-14(17(25)26)22-16(24)13(7-11-8-18-9-20-11)21-15(23)12-4-3-5-19-12/h8-10,12-14,19H,3-7H2,1-2H3,(H,18,20)(H,21,23)(H,22,24)(H,25,26)/t12-,13-,14-/m0/s1. The van der Waals surface area contributed by atoms with Gasteiger partial charge in [-0.15, -0.1) is 0 Å². The van der Waals surface area contributed by atoms with Crippen molar-refractivity contribution in [2.45, 2.75) is 57.7 Å².